The first-order chi connectivity index (χ1) is 6.44. The third-order valence-corrected chi connectivity index (χ3v) is 2.70. The van der Waals surface area contributed by atoms with Gasteiger partial charge in [-0.05, 0) is 7.05 Å². The van der Waals surface area contributed by atoms with Crippen LogP contribution in [0.15, 0.2) is 4.36 Å². The maximum atomic E-state index is 11.6. The number of nitrogens with zero attached hydrogens (tertiary/aromatic N) is 1. The maximum absolute atomic E-state index is 11.6. The number of ether oxygens (including phenoxy) is 1. The Bertz CT molecular complexity index is 325. The van der Waals surface area contributed by atoms with Crippen molar-refractivity contribution in [2.45, 2.75) is 6.04 Å². The second-order valence-corrected chi connectivity index (χ2v) is 6.20. The lowest BCUT2D eigenvalue weighted by Crippen LogP contribution is -2.36. The van der Waals surface area contributed by atoms with E-state index in [1.807, 2.05) is 0 Å². The minimum atomic E-state index is -2.35. The highest BCUT2D eigenvalue weighted by molar-refractivity contribution is 7.92. The van der Waals surface area contributed by atoms with Gasteiger partial charge in [-0.15, -0.1) is 0 Å². The zero-order valence-electron chi connectivity index (χ0n) is 8.65. The molecule has 1 aliphatic heterocycles. The van der Waals surface area contributed by atoms with Crippen LogP contribution < -0.4 is 5.32 Å². The first kappa shape index (κ1) is 11.6. The van der Waals surface area contributed by atoms with Crippen LogP contribution in [0.4, 0.5) is 0 Å². The zero-order valence-corrected chi connectivity index (χ0v) is 9.47. The van der Waals surface area contributed by atoms with Crippen molar-refractivity contribution in [3.63, 3.8) is 0 Å². The van der Waals surface area contributed by atoms with Crippen molar-refractivity contribution in [1.82, 2.24) is 5.32 Å². The van der Waals surface area contributed by atoms with Gasteiger partial charge in [0, 0.05) is 28.3 Å². The SMILES string of the molecule is CNC1COCC1C(=O)N=S(C)(C)=O. The van der Waals surface area contributed by atoms with Gasteiger partial charge in [0.05, 0.1) is 19.1 Å². The molecular weight excluding hydrogens is 204 g/mol. The Morgan fingerprint density at radius 1 is 1.50 bits per heavy atom. The van der Waals surface area contributed by atoms with Crippen LogP contribution >= 0.6 is 0 Å². The van der Waals surface area contributed by atoms with E-state index in [1.54, 1.807) is 7.05 Å². The van der Waals surface area contributed by atoms with Crippen LogP contribution in [0.1, 0.15) is 0 Å². The third kappa shape index (κ3) is 3.04. The molecule has 1 rings (SSSR count). The number of amides is 1. The van der Waals surface area contributed by atoms with Gasteiger partial charge in [0.25, 0.3) is 5.91 Å². The van der Waals surface area contributed by atoms with Gasteiger partial charge in [-0.1, -0.05) is 0 Å². The summed E-state index contributed by atoms with van der Waals surface area (Å²) in [5.41, 5.74) is 0. The van der Waals surface area contributed by atoms with Gasteiger partial charge >= 0.3 is 0 Å². The first-order valence-corrected chi connectivity index (χ1v) is 6.73. The van der Waals surface area contributed by atoms with E-state index >= 15 is 0 Å². The Labute approximate surface area is 84.4 Å². The highest BCUT2D eigenvalue weighted by atomic mass is 32.2. The largest absolute Gasteiger partial charge is 0.379 e. The van der Waals surface area contributed by atoms with E-state index < -0.39 is 9.73 Å². The lowest BCUT2D eigenvalue weighted by atomic mass is 10.0. The molecule has 0 aliphatic carbocycles. The van der Waals surface area contributed by atoms with Crippen LogP contribution in [-0.4, -0.2) is 48.9 Å². The van der Waals surface area contributed by atoms with Gasteiger partial charge in [0.1, 0.15) is 0 Å². The zero-order chi connectivity index (χ0) is 10.8. The molecule has 0 aromatic rings. The van der Waals surface area contributed by atoms with Crippen LogP contribution in [0, 0.1) is 5.92 Å². The van der Waals surface area contributed by atoms with Crippen molar-refractivity contribution in [2.24, 2.45) is 10.3 Å². The summed E-state index contributed by atoms with van der Waals surface area (Å²) in [5, 5.41) is 2.98. The minimum Gasteiger partial charge on any atom is -0.379 e. The normalized spacial score (nSPS) is 27.6. The molecular formula is C8H16N2O3S. The molecule has 2 unspecified atom stereocenters. The van der Waals surface area contributed by atoms with Crippen molar-refractivity contribution in [2.75, 3.05) is 32.8 Å². The van der Waals surface area contributed by atoms with E-state index in [9.17, 15) is 9.00 Å². The van der Waals surface area contributed by atoms with E-state index in [4.69, 9.17) is 4.74 Å². The second-order valence-electron chi connectivity index (χ2n) is 3.65. The standard InChI is InChI=1S/C8H16N2O3S/c1-9-7-5-13-4-6(7)8(11)10-14(2,3)12/h6-7,9H,4-5H2,1-3H3. The summed E-state index contributed by atoms with van der Waals surface area (Å²) >= 11 is 0. The van der Waals surface area contributed by atoms with Crippen LogP contribution in [0.5, 0.6) is 0 Å². The highest BCUT2D eigenvalue weighted by Gasteiger charge is 2.33. The summed E-state index contributed by atoms with van der Waals surface area (Å²) in [6, 6.07) is -0.00648. The number of hydrogen-bond donors (Lipinski definition) is 1. The third-order valence-electron chi connectivity index (χ3n) is 2.08. The number of hydrogen-bond acceptors (Lipinski definition) is 4. The molecule has 2 atom stereocenters. The number of carbonyl (C=O) groups is 1. The molecule has 1 amide bonds. The molecule has 1 saturated heterocycles. The first-order valence-electron chi connectivity index (χ1n) is 4.40. The summed E-state index contributed by atoms with van der Waals surface area (Å²) in [4.78, 5) is 11.6. The molecule has 1 heterocycles. The summed E-state index contributed by atoms with van der Waals surface area (Å²) in [6.45, 7) is 0.875. The van der Waals surface area contributed by atoms with E-state index in [0.29, 0.717) is 13.2 Å². The molecule has 1 fully saturated rings. The van der Waals surface area contributed by atoms with Crippen LogP contribution in [-0.2, 0) is 19.3 Å². The number of likely N-dealkylation sites (N-methyl/N-ethyl adjacent to an activating group) is 1. The van der Waals surface area contributed by atoms with Crippen molar-refractivity contribution in [3.05, 3.63) is 0 Å². The summed E-state index contributed by atoms with van der Waals surface area (Å²) < 4.78 is 20.1. The van der Waals surface area contributed by atoms with Crippen LogP contribution in [0.3, 0.4) is 0 Å². The van der Waals surface area contributed by atoms with Gasteiger partial charge in [-0.25, -0.2) is 4.21 Å². The van der Waals surface area contributed by atoms with Gasteiger partial charge in [-0.2, -0.15) is 4.36 Å². The molecule has 5 nitrogen and oxygen atoms in total. The molecule has 0 aromatic heterocycles. The van der Waals surface area contributed by atoms with Crippen molar-refractivity contribution < 1.29 is 13.7 Å². The predicted molar refractivity (Wildman–Crippen MR) is 54.6 cm³/mol. The lowest BCUT2D eigenvalue weighted by molar-refractivity contribution is -0.121. The summed E-state index contributed by atoms with van der Waals surface area (Å²) in [5.74, 6) is -0.613. The molecule has 0 aromatic carbocycles. The van der Waals surface area contributed by atoms with Crippen LogP contribution in [0.25, 0.3) is 0 Å². The smallest absolute Gasteiger partial charge is 0.260 e. The Morgan fingerprint density at radius 2 is 2.14 bits per heavy atom. The summed E-state index contributed by atoms with van der Waals surface area (Å²) in [6.07, 6.45) is 2.91. The molecule has 6 heteroatoms. The number of nitrogens with one attached hydrogen (secondary N) is 1. The van der Waals surface area contributed by atoms with Crippen LogP contribution in [0.2, 0.25) is 0 Å². The second kappa shape index (κ2) is 4.37. The molecule has 1 N–H and O–H groups in total. The Hall–Kier alpha value is -0.460. The molecule has 0 spiro atoms. The molecule has 0 radical (unpaired) electrons. The van der Waals surface area contributed by atoms with E-state index in [0.717, 1.165) is 0 Å². The van der Waals surface area contributed by atoms with E-state index in [1.165, 1.54) is 12.5 Å². The quantitative estimate of drug-likeness (QED) is 0.679. The predicted octanol–water partition coefficient (Wildman–Crippen LogP) is -0.525. The molecule has 0 bridgehead atoms. The van der Waals surface area contributed by atoms with Crippen molar-refractivity contribution >= 4 is 15.6 Å². The number of rotatable bonds is 2. The number of carbonyl (C=O) groups excluding carboxylic acids is 1. The molecule has 82 valence electrons. The van der Waals surface area contributed by atoms with Crippen molar-refractivity contribution in [1.29, 1.82) is 0 Å². The summed E-state index contributed by atoms with van der Waals surface area (Å²) in [7, 11) is -0.578. The fourth-order valence-corrected chi connectivity index (χ4v) is 1.94. The van der Waals surface area contributed by atoms with E-state index in [2.05, 4.69) is 9.68 Å². The Balaban J connectivity index is 2.75. The molecule has 14 heavy (non-hydrogen) atoms. The van der Waals surface area contributed by atoms with Crippen molar-refractivity contribution in [3.8, 4) is 0 Å². The topological polar surface area (TPSA) is 67.8 Å². The molecule has 1 aliphatic rings. The average molecular weight is 220 g/mol. The fraction of sp³-hybridized carbons (Fsp3) is 0.875. The van der Waals surface area contributed by atoms with Gasteiger partial charge in [0.15, 0.2) is 0 Å². The minimum absolute atomic E-state index is 0.00648. The Kier molecular flexibility index (Phi) is 3.63. The van der Waals surface area contributed by atoms with Gasteiger partial charge in [-0.3, -0.25) is 4.79 Å². The lowest BCUT2D eigenvalue weighted by Gasteiger charge is -2.12. The molecule has 0 saturated carbocycles. The maximum Gasteiger partial charge on any atom is 0.260 e. The van der Waals surface area contributed by atoms with Gasteiger partial charge in [0.2, 0.25) is 0 Å². The fourth-order valence-electron chi connectivity index (χ4n) is 1.37. The van der Waals surface area contributed by atoms with Gasteiger partial charge < -0.3 is 10.1 Å². The average Bonchev–Trinajstić information content (AvgIpc) is 2.47. The monoisotopic (exact) mass is 220 g/mol. The van der Waals surface area contributed by atoms with E-state index in [-0.39, 0.29) is 17.9 Å². The highest BCUT2D eigenvalue weighted by Crippen LogP contribution is 2.15. The Morgan fingerprint density at radius 3 is 2.64 bits per heavy atom.